The zero-order chi connectivity index (χ0) is 12.3. The Morgan fingerprint density at radius 2 is 2.31 bits per heavy atom. The molecule has 1 aliphatic heterocycles. The molecule has 1 aliphatic rings. The van der Waals surface area contributed by atoms with Gasteiger partial charge in [0.1, 0.15) is 6.23 Å². The fourth-order valence-corrected chi connectivity index (χ4v) is 1.67. The monoisotopic (exact) mass is 223 g/mol. The van der Waals surface area contributed by atoms with E-state index in [0.29, 0.717) is 0 Å². The Morgan fingerprint density at radius 3 is 2.75 bits per heavy atom. The van der Waals surface area contributed by atoms with E-state index in [2.05, 4.69) is 17.2 Å². The maximum Gasteiger partial charge on any atom is 0.147 e. The first kappa shape index (κ1) is 12.4. The van der Waals surface area contributed by atoms with E-state index in [9.17, 15) is 4.91 Å². The molecule has 0 amide bonds. The highest BCUT2D eigenvalue weighted by Gasteiger charge is 2.22. The lowest BCUT2D eigenvalue weighted by molar-refractivity contribution is 0.118. The van der Waals surface area contributed by atoms with Crippen molar-refractivity contribution in [3.8, 4) is 0 Å². The summed E-state index contributed by atoms with van der Waals surface area (Å²) in [5.41, 5.74) is 3.29. The summed E-state index contributed by atoms with van der Waals surface area (Å²) in [5.74, 6) is 0. The van der Waals surface area contributed by atoms with Crippen molar-refractivity contribution in [1.82, 2.24) is 10.3 Å². The topological polar surface area (TPSA) is 53.9 Å². The number of dihydropyridines is 1. The van der Waals surface area contributed by atoms with Crippen LogP contribution in [-0.4, -0.2) is 25.4 Å². The van der Waals surface area contributed by atoms with E-state index in [1.165, 1.54) is 5.01 Å². The van der Waals surface area contributed by atoms with Gasteiger partial charge in [0.2, 0.25) is 0 Å². The molecule has 1 heterocycles. The predicted octanol–water partition coefficient (Wildman–Crippen LogP) is 1.91. The van der Waals surface area contributed by atoms with Gasteiger partial charge in [0.15, 0.2) is 0 Å². The largest absolute Gasteiger partial charge is 0.358 e. The van der Waals surface area contributed by atoms with Gasteiger partial charge in [0.05, 0.1) is 16.7 Å². The summed E-state index contributed by atoms with van der Waals surface area (Å²) >= 11 is 0. The van der Waals surface area contributed by atoms with Crippen LogP contribution >= 0.6 is 0 Å². The van der Waals surface area contributed by atoms with Crippen molar-refractivity contribution in [3.63, 3.8) is 0 Å². The average molecular weight is 223 g/mol. The molecule has 0 fully saturated rings. The van der Waals surface area contributed by atoms with Crippen molar-refractivity contribution in [1.29, 1.82) is 0 Å². The van der Waals surface area contributed by atoms with Crippen LogP contribution in [0.1, 0.15) is 13.8 Å². The molecule has 0 aromatic rings. The first-order chi connectivity index (χ1) is 7.51. The number of allylic oxidation sites excluding steroid dienone is 2. The van der Waals surface area contributed by atoms with E-state index in [4.69, 9.17) is 4.74 Å². The summed E-state index contributed by atoms with van der Waals surface area (Å²) in [6.45, 7) is 7.65. The van der Waals surface area contributed by atoms with Gasteiger partial charge in [0, 0.05) is 14.2 Å². The molecule has 0 spiro atoms. The van der Waals surface area contributed by atoms with Crippen LogP contribution in [0.25, 0.3) is 0 Å². The zero-order valence-corrected chi connectivity index (χ0v) is 10.1. The quantitative estimate of drug-likeness (QED) is 0.584. The van der Waals surface area contributed by atoms with E-state index in [0.717, 1.165) is 22.5 Å². The lowest BCUT2D eigenvalue weighted by Gasteiger charge is -2.29. The first-order valence-corrected chi connectivity index (χ1v) is 4.96. The van der Waals surface area contributed by atoms with Gasteiger partial charge in [-0.15, -0.1) is 4.91 Å². The first-order valence-electron chi connectivity index (χ1n) is 4.96. The lowest BCUT2D eigenvalue weighted by atomic mass is 10.0. The summed E-state index contributed by atoms with van der Waals surface area (Å²) in [6.07, 6.45) is 1.69. The van der Waals surface area contributed by atoms with Crippen molar-refractivity contribution < 1.29 is 4.74 Å². The molecule has 16 heavy (non-hydrogen) atoms. The van der Waals surface area contributed by atoms with Crippen molar-refractivity contribution in [2.75, 3.05) is 14.2 Å². The Hall–Kier alpha value is -1.62. The van der Waals surface area contributed by atoms with Crippen molar-refractivity contribution in [3.05, 3.63) is 40.1 Å². The molecule has 0 radical (unpaired) electrons. The van der Waals surface area contributed by atoms with E-state index >= 15 is 0 Å². The van der Waals surface area contributed by atoms with Gasteiger partial charge in [-0.3, -0.25) is 0 Å². The third-order valence-electron chi connectivity index (χ3n) is 2.43. The molecule has 0 aromatic carbocycles. The van der Waals surface area contributed by atoms with Crippen molar-refractivity contribution in [2.24, 2.45) is 5.29 Å². The number of nitrogens with zero attached hydrogens (tertiary/aromatic N) is 2. The second kappa shape index (κ2) is 4.94. The van der Waals surface area contributed by atoms with Crippen molar-refractivity contribution >= 4 is 0 Å². The van der Waals surface area contributed by atoms with Gasteiger partial charge in [-0.05, 0) is 31.1 Å². The maximum atomic E-state index is 10.6. The third-order valence-corrected chi connectivity index (χ3v) is 2.43. The standard InChI is InChI=1S/C11H17N3O2/c1-7(2)10-11(14(4)13-15)8(3)6-9(12-10)16-5/h6,9,12H,1H2,2-5H3. The molecule has 1 atom stereocenters. The summed E-state index contributed by atoms with van der Waals surface area (Å²) in [5, 5.41) is 7.33. The molecule has 0 aliphatic carbocycles. The minimum absolute atomic E-state index is 0.199. The predicted molar refractivity (Wildman–Crippen MR) is 63.1 cm³/mol. The molecule has 88 valence electrons. The van der Waals surface area contributed by atoms with E-state index < -0.39 is 0 Å². The number of methoxy groups -OCH3 is 1. The van der Waals surface area contributed by atoms with E-state index in [-0.39, 0.29) is 6.23 Å². The molecule has 1 N–H and O–H groups in total. The number of hydrogen-bond donors (Lipinski definition) is 1. The van der Waals surface area contributed by atoms with Gasteiger partial charge in [-0.25, -0.2) is 5.01 Å². The second-order valence-corrected chi connectivity index (χ2v) is 3.76. The van der Waals surface area contributed by atoms with Crippen LogP contribution in [-0.2, 0) is 4.74 Å². The Bertz CT molecular complexity index is 371. The number of likely N-dealkylation sites (N-methyl/N-ethyl adjacent to an activating group) is 1. The van der Waals surface area contributed by atoms with E-state index in [1.54, 1.807) is 14.2 Å². The summed E-state index contributed by atoms with van der Waals surface area (Å²) < 4.78 is 5.21. The molecule has 1 rings (SSSR count). The number of hydrogen-bond acceptors (Lipinski definition) is 4. The van der Waals surface area contributed by atoms with Crippen LogP contribution in [0, 0.1) is 4.91 Å². The summed E-state index contributed by atoms with van der Waals surface area (Å²) in [7, 11) is 3.22. The van der Waals surface area contributed by atoms with Crippen LogP contribution < -0.4 is 5.32 Å². The van der Waals surface area contributed by atoms with E-state index in [1.807, 2.05) is 19.9 Å². The minimum Gasteiger partial charge on any atom is -0.358 e. The van der Waals surface area contributed by atoms with Crippen LogP contribution in [0.3, 0.4) is 0 Å². The van der Waals surface area contributed by atoms with Gasteiger partial charge >= 0.3 is 0 Å². The SMILES string of the molecule is C=C(C)C1=C(N(C)N=O)C(C)=CC(OC)N1. The number of rotatable bonds is 4. The number of ether oxygens (including phenoxy) is 1. The molecular formula is C11H17N3O2. The molecule has 0 saturated carbocycles. The maximum absolute atomic E-state index is 10.6. The highest BCUT2D eigenvalue weighted by atomic mass is 16.5. The average Bonchev–Trinajstić information content (AvgIpc) is 2.26. The summed E-state index contributed by atoms with van der Waals surface area (Å²) in [4.78, 5) is 10.6. The highest BCUT2D eigenvalue weighted by Crippen LogP contribution is 2.25. The molecular weight excluding hydrogens is 206 g/mol. The summed E-state index contributed by atoms with van der Waals surface area (Å²) in [6, 6.07) is 0. The fraction of sp³-hybridized carbons (Fsp3) is 0.455. The zero-order valence-electron chi connectivity index (χ0n) is 10.1. The molecule has 5 nitrogen and oxygen atoms in total. The van der Waals surface area contributed by atoms with Gasteiger partial charge in [0.25, 0.3) is 0 Å². The Morgan fingerprint density at radius 1 is 1.69 bits per heavy atom. The molecule has 0 saturated heterocycles. The smallest absolute Gasteiger partial charge is 0.147 e. The third kappa shape index (κ3) is 2.30. The normalized spacial score (nSPS) is 20.0. The van der Waals surface area contributed by atoms with Gasteiger partial charge in [-0.1, -0.05) is 6.58 Å². The molecule has 5 heteroatoms. The van der Waals surface area contributed by atoms with Crippen LogP contribution in [0.4, 0.5) is 0 Å². The highest BCUT2D eigenvalue weighted by molar-refractivity contribution is 5.43. The molecule has 0 aromatic heterocycles. The fourth-order valence-electron chi connectivity index (χ4n) is 1.67. The van der Waals surface area contributed by atoms with Crippen LogP contribution in [0.2, 0.25) is 0 Å². The lowest BCUT2D eigenvalue weighted by Crippen LogP contribution is -2.35. The van der Waals surface area contributed by atoms with Gasteiger partial charge < -0.3 is 10.1 Å². The number of nitroso groups, excluding NO2 is 1. The Balaban J connectivity index is 3.19. The second-order valence-electron chi connectivity index (χ2n) is 3.76. The Labute approximate surface area is 95.4 Å². The Kier molecular flexibility index (Phi) is 3.84. The minimum atomic E-state index is -0.199. The van der Waals surface area contributed by atoms with Gasteiger partial charge in [-0.2, -0.15) is 0 Å². The van der Waals surface area contributed by atoms with Crippen LogP contribution in [0.5, 0.6) is 0 Å². The molecule has 0 bridgehead atoms. The van der Waals surface area contributed by atoms with Crippen molar-refractivity contribution in [2.45, 2.75) is 20.1 Å². The number of nitrogens with one attached hydrogen (secondary N) is 1. The van der Waals surface area contributed by atoms with Crippen LogP contribution in [0.15, 0.2) is 40.5 Å². The molecule has 1 unspecified atom stereocenters.